The van der Waals surface area contributed by atoms with Gasteiger partial charge in [-0.05, 0) is 31.5 Å². The highest BCUT2D eigenvalue weighted by Gasteiger charge is 2.12. The Balaban J connectivity index is 2.43. The van der Waals surface area contributed by atoms with Gasteiger partial charge in [-0.2, -0.15) is 0 Å². The van der Waals surface area contributed by atoms with Gasteiger partial charge in [-0.15, -0.1) is 0 Å². The lowest BCUT2D eigenvalue weighted by atomic mass is 10.2. The molecule has 1 aromatic carbocycles. The van der Waals surface area contributed by atoms with E-state index in [4.69, 9.17) is 4.74 Å². The van der Waals surface area contributed by atoms with Crippen LogP contribution in [0.1, 0.15) is 18.3 Å². The molecule has 0 aliphatic heterocycles. The van der Waals surface area contributed by atoms with Crippen molar-refractivity contribution >= 4 is 17.3 Å². The van der Waals surface area contributed by atoms with Gasteiger partial charge in [-0.3, -0.25) is 0 Å². The van der Waals surface area contributed by atoms with Gasteiger partial charge in [0, 0.05) is 32.5 Å². The number of aromatic nitrogens is 2. The molecule has 0 aliphatic rings. The Labute approximate surface area is 126 Å². The van der Waals surface area contributed by atoms with Gasteiger partial charge in [0.05, 0.1) is 0 Å². The van der Waals surface area contributed by atoms with Crippen LogP contribution in [0.3, 0.4) is 0 Å². The molecular weight excluding hydrogens is 264 g/mol. The molecule has 0 aliphatic carbocycles. The Bertz CT molecular complexity index is 601. The summed E-state index contributed by atoms with van der Waals surface area (Å²) in [4.78, 5) is 11.2. The van der Waals surface area contributed by atoms with Gasteiger partial charge in [-0.1, -0.05) is 12.1 Å². The maximum Gasteiger partial charge on any atom is 0.158 e. The molecule has 0 atom stereocenters. The summed E-state index contributed by atoms with van der Waals surface area (Å²) in [6.07, 6.45) is 0. The lowest BCUT2D eigenvalue weighted by Crippen LogP contribution is -2.19. The minimum absolute atomic E-state index is 0.397. The van der Waals surface area contributed by atoms with E-state index in [1.165, 1.54) is 5.56 Å². The summed E-state index contributed by atoms with van der Waals surface area (Å²) in [6, 6.07) is 10.3. The van der Waals surface area contributed by atoms with Crippen LogP contribution in [0.25, 0.3) is 0 Å². The van der Waals surface area contributed by atoms with Gasteiger partial charge in [0.1, 0.15) is 18.2 Å². The van der Waals surface area contributed by atoms with Crippen molar-refractivity contribution in [3.05, 3.63) is 41.7 Å². The van der Waals surface area contributed by atoms with Gasteiger partial charge < -0.3 is 15.0 Å². The fourth-order valence-electron chi connectivity index (χ4n) is 2.22. The van der Waals surface area contributed by atoms with Crippen molar-refractivity contribution in [1.29, 1.82) is 0 Å². The number of anilines is 3. The van der Waals surface area contributed by atoms with E-state index in [2.05, 4.69) is 58.3 Å². The second kappa shape index (κ2) is 7.04. The van der Waals surface area contributed by atoms with E-state index < -0.39 is 0 Å². The van der Waals surface area contributed by atoms with Crippen molar-refractivity contribution < 1.29 is 4.74 Å². The minimum atomic E-state index is 0.397. The first-order valence-electron chi connectivity index (χ1n) is 7.06. The molecule has 112 valence electrons. The molecule has 21 heavy (non-hydrogen) atoms. The first-order valence-corrected chi connectivity index (χ1v) is 7.06. The van der Waals surface area contributed by atoms with Crippen LogP contribution in [-0.4, -0.2) is 30.7 Å². The topological polar surface area (TPSA) is 50.3 Å². The summed E-state index contributed by atoms with van der Waals surface area (Å²) in [5.74, 6) is 2.33. The third-order valence-electron chi connectivity index (χ3n) is 3.19. The van der Waals surface area contributed by atoms with E-state index in [-0.39, 0.29) is 0 Å². The highest BCUT2D eigenvalue weighted by molar-refractivity contribution is 5.63. The molecule has 0 bridgehead atoms. The Morgan fingerprint density at radius 2 is 2.05 bits per heavy atom. The highest BCUT2D eigenvalue weighted by atomic mass is 16.5. The number of nitrogens with one attached hydrogen (secondary N) is 1. The summed E-state index contributed by atoms with van der Waals surface area (Å²) in [6.45, 7) is 5.43. The Hall–Kier alpha value is -2.14. The number of hydrogen-bond acceptors (Lipinski definition) is 5. The van der Waals surface area contributed by atoms with E-state index in [0.717, 1.165) is 23.9 Å². The van der Waals surface area contributed by atoms with Gasteiger partial charge >= 0.3 is 0 Å². The molecule has 2 aromatic rings. The van der Waals surface area contributed by atoms with E-state index in [1.54, 1.807) is 7.11 Å². The van der Waals surface area contributed by atoms with Crippen molar-refractivity contribution in [2.45, 2.75) is 20.5 Å². The van der Waals surface area contributed by atoms with Crippen LogP contribution in [0.2, 0.25) is 0 Å². The second-order valence-corrected chi connectivity index (χ2v) is 4.79. The molecule has 1 aromatic heterocycles. The number of methoxy groups -OCH3 is 1. The number of hydrogen-bond donors (Lipinski definition) is 1. The van der Waals surface area contributed by atoms with Crippen molar-refractivity contribution in [3.63, 3.8) is 0 Å². The molecule has 0 radical (unpaired) electrons. The van der Waals surface area contributed by atoms with E-state index >= 15 is 0 Å². The summed E-state index contributed by atoms with van der Waals surface area (Å²) in [5, 5.41) is 3.07. The SMILES string of the molecule is CCN(c1cccc(C)c1)c1cc(NC)nc(COC)n1. The van der Waals surface area contributed by atoms with Crippen LogP contribution < -0.4 is 10.2 Å². The summed E-state index contributed by atoms with van der Waals surface area (Å²) >= 11 is 0. The van der Waals surface area contributed by atoms with Crippen molar-refractivity contribution in [2.24, 2.45) is 0 Å². The van der Waals surface area contributed by atoms with Crippen LogP contribution in [0.15, 0.2) is 30.3 Å². The Morgan fingerprint density at radius 3 is 2.67 bits per heavy atom. The molecule has 0 spiro atoms. The number of benzene rings is 1. The molecule has 0 saturated heterocycles. The largest absolute Gasteiger partial charge is 0.377 e. The van der Waals surface area contributed by atoms with Crippen LogP contribution in [0, 0.1) is 6.92 Å². The quantitative estimate of drug-likeness (QED) is 0.884. The third-order valence-corrected chi connectivity index (χ3v) is 3.19. The number of ether oxygens (including phenoxy) is 1. The number of aryl methyl sites for hydroxylation is 1. The van der Waals surface area contributed by atoms with E-state index in [0.29, 0.717) is 12.4 Å². The zero-order chi connectivity index (χ0) is 15.2. The predicted octanol–water partition coefficient (Wildman–Crippen LogP) is 3.13. The number of nitrogens with zero attached hydrogens (tertiary/aromatic N) is 3. The normalized spacial score (nSPS) is 10.5. The van der Waals surface area contributed by atoms with Crippen molar-refractivity contribution in [3.8, 4) is 0 Å². The smallest absolute Gasteiger partial charge is 0.158 e. The molecule has 0 unspecified atom stereocenters. The Morgan fingerprint density at radius 1 is 1.24 bits per heavy atom. The number of rotatable bonds is 6. The first-order chi connectivity index (χ1) is 10.2. The standard InChI is InChI=1S/C16H22N4O/c1-5-20(13-8-6-7-12(2)9-13)16-10-14(17-3)18-15(19-16)11-21-4/h6-10H,5,11H2,1-4H3,(H,17,18,19). The maximum absolute atomic E-state index is 5.15. The summed E-state index contributed by atoms with van der Waals surface area (Å²) in [5.41, 5.74) is 2.35. The van der Waals surface area contributed by atoms with Crippen LogP contribution in [-0.2, 0) is 11.3 Å². The average Bonchev–Trinajstić information content (AvgIpc) is 2.48. The minimum Gasteiger partial charge on any atom is -0.377 e. The molecule has 0 saturated carbocycles. The second-order valence-electron chi connectivity index (χ2n) is 4.79. The lowest BCUT2D eigenvalue weighted by molar-refractivity contribution is 0.178. The molecule has 2 rings (SSSR count). The lowest BCUT2D eigenvalue weighted by Gasteiger charge is -2.23. The molecule has 5 nitrogen and oxygen atoms in total. The van der Waals surface area contributed by atoms with Gasteiger partial charge in [0.15, 0.2) is 5.82 Å². The third kappa shape index (κ3) is 3.70. The molecular formula is C16H22N4O. The molecule has 0 amide bonds. The molecule has 0 fully saturated rings. The summed E-state index contributed by atoms with van der Waals surface area (Å²) in [7, 11) is 3.50. The fourth-order valence-corrected chi connectivity index (χ4v) is 2.22. The van der Waals surface area contributed by atoms with E-state index in [9.17, 15) is 0 Å². The average molecular weight is 286 g/mol. The predicted molar refractivity (Wildman–Crippen MR) is 86.2 cm³/mol. The summed E-state index contributed by atoms with van der Waals surface area (Å²) < 4.78 is 5.15. The highest BCUT2D eigenvalue weighted by Crippen LogP contribution is 2.25. The molecule has 5 heteroatoms. The molecule has 1 N–H and O–H groups in total. The Kier molecular flexibility index (Phi) is 5.11. The van der Waals surface area contributed by atoms with Crippen LogP contribution in [0.4, 0.5) is 17.3 Å². The maximum atomic E-state index is 5.15. The monoisotopic (exact) mass is 286 g/mol. The van der Waals surface area contributed by atoms with Crippen LogP contribution >= 0.6 is 0 Å². The fraction of sp³-hybridized carbons (Fsp3) is 0.375. The zero-order valence-electron chi connectivity index (χ0n) is 13.1. The molecule has 1 heterocycles. The van der Waals surface area contributed by atoms with E-state index in [1.807, 2.05) is 13.1 Å². The van der Waals surface area contributed by atoms with Gasteiger partial charge in [0.2, 0.25) is 0 Å². The van der Waals surface area contributed by atoms with Crippen LogP contribution in [0.5, 0.6) is 0 Å². The zero-order valence-corrected chi connectivity index (χ0v) is 13.1. The first kappa shape index (κ1) is 15.3. The van der Waals surface area contributed by atoms with Gasteiger partial charge in [0.25, 0.3) is 0 Å². The van der Waals surface area contributed by atoms with Crippen molar-refractivity contribution in [2.75, 3.05) is 30.9 Å². The van der Waals surface area contributed by atoms with Gasteiger partial charge in [-0.25, -0.2) is 9.97 Å². The van der Waals surface area contributed by atoms with Crippen molar-refractivity contribution in [1.82, 2.24) is 9.97 Å².